The van der Waals surface area contributed by atoms with Crippen LogP contribution in [0.1, 0.15) is 75.2 Å². The standard InChI is InChI=1S/C41H38Cl2F3N3O8/c42-31-19-49(53)20-32(43)30(31)18-34(25-9-10-33(57-41(45)46)35(17-25)54-22-23-7-8-23)55-39(51)28-5-1-4-27(15-28)38(50)47-37(26-3-2-6-29(44)16-26)40(52)56-36-21-48-13-11-24(36)12-14-48/h1-6,9-10,15-17,19-20,23-24,34,36-37,41H,7-8,11-14,18,21-22H2,(H,47,50)/t34-,36?,37?/m0/s1. The topological polar surface area (TPSA) is 130 Å². The molecule has 1 amide bonds. The molecule has 4 aromatic rings. The van der Waals surface area contributed by atoms with Crippen molar-refractivity contribution in [2.45, 2.75) is 57.0 Å². The number of fused-ring (bicyclic) bond motifs is 3. The molecular formula is C41H38Cl2F3N3O8. The molecule has 1 aromatic heterocycles. The van der Waals surface area contributed by atoms with Gasteiger partial charge in [-0.3, -0.25) is 9.69 Å². The van der Waals surface area contributed by atoms with E-state index in [1.165, 1.54) is 60.7 Å². The van der Waals surface area contributed by atoms with Gasteiger partial charge in [-0.1, -0.05) is 47.5 Å². The number of alkyl halides is 2. The second-order valence-electron chi connectivity index (χ2n) is 14.4. The fraction of sp³-hybridized carbons (Fsp3) is 0.366. The van der Waals surface area contributed by atoms with Crippen LogP contribution in [0.25, 0.3) is 0 Å². The molecule has 1 aliphatic carbocycles. The van der Waals surface area contributed by atoms with Gasteiger partial charge in [0.1, 0.15) is 28.1 Å². The molecule has 3 atom stereocenters. The Labute approximate surface area is 336 Å². The average molecular weight is 829 g/mol. The summed E-state index contributed by atoms with van der Waals surface area (Å²) in [7, 11) is 0. The third-order valence-corrected chi connectivity index (χ3v) is 11.0. The van der Waals surface area contributed by atoms with E-state index >= 15 is 0 Å². The summed E-state index contributed by atoms with van der Waals surface area (Å²) in [6.07, 6.45) is 4.11. The highest BCUT2D eigenvalue weighted by atomic mass is 35.5. The van der Waals surface area contributed by atoms with Gasteiger partial charge in [0.2, 0.25) is 0 Å². The van der Waals surface area contributed by atoms with Crippen LogP contribution in [0.5, 0.6) is 11.5 Å². The molecular weight excluding hydrogens is 790 g/mol. The van der Waals surface area contributed by atoms with Crippen molar-refractivity contribution in [1.82, 2.24) is 10.2 Å². The number of halogens is 5. The molecule has 8 rings (SSSR count). The smallest absolute Gasteiger partial charge is 0.387 e. The normalized spacial score (nSPS) is 19.7. The second-order valence-corrected chi connectivity index (χ2v) is 15.2. The Balaban J connectivity index is 1.13. The Bertz CT molecular complexity index is 2110. The van der Waals surface area contributed by atoms with E-state index in [-0.39, 0.29) is 74.8 Å². The molecule has 16 heteroatoms. The summed E-state index contributed by atoms with van der Waals surface area (Å²) < 4.78 is 63.8. The van der Waals surface area contributed by atoms with E-state index in [2.05, 4.69) is 15.0 Å². The lowest BCUT2D eigenvalue weighted by molar-refractivity contribution is -0.605. The number of ether oxygens (including phenoxy) is 4. The maximum Gasteiger partial charge on any atom is 0.387 e. The van der Waals surface area contributed by atoms with Crippen molar-refractivity contribution in [2.24, 2.45) is 11.8 Å². The van der Waals surface area contributed by atoms with Crippen LogP contribution in [0, 0.1) is 22.9 Å². The number of nitrogens with zero attached hydrogens (tertiary/aromatic N) is 2. The zero-order valence-corrected chi connectivity index (χ0v) is 31.9. The highest BCUT2D eigenvalue weighted by Gasteiger charge is 2.38. The van der Waals surface area contributed by atoms with Gasteiger partial charge in [-0.2, -0.15) is 13.5 Å². The molecule has 4 fully saturated rings. The Kier molecular flexibility index (Phi) is 12.4. The van der Waals surface area contributed by atoms with Crippen molar-refractivity contribution in [3.63, 3.8) is 0 Å². The maximum absolute atomic E-state index is 14.4. The molecule has 1 saturated carbocycles. The molecule has 0 spiro atoms. The number of pyridine rings is 1. The van der Waals surface area contributed by atoms with E-state index in [9.17, 15) is 32.8 Å². The quantitative estimate of drug-likeness (QED) is 0.0740. The Morgan fingerprint density at radius 2 is 1.61 bits per heavy atom. The summed E-state index contributed by atoms with van der Waals surface area (Å²) in [5.74, 6) is -2.74. The molecule has 4 heterocycles. The van der Waals surface area contributed by atoms with Gasteiger partial charge in [-0.05, 0) is 104 Å². The number of nitrogens with one attached hydrogen (secondary N) is 1. The number of hydrogen-bond acceptors (Lipinski definition) is 9. The predicted molar refractivity (Wildman–Crippen MR) is 201 cm³/mol. The van der Waals surface area contributed by atoms with E-state index in [0.717, 1.165) is 57.2 Å². The number of amides is 1. The average Bonchev–Trinajstić information content (AvgIpc) is 4.02. The first-order valence-corrected chi connectivity index (χ1v) is 19.2. The van der Waals surface area contributed by atoms with E-state index in [4.69, 9.17) is 37.4 Å². The molecule has 3 aliphatic heterocycles. The summed E-state index contributed by atoms with van der Waals surface area (Å²) in [5.41, 5.74) is 0.666. The summed E-state index contributed by atoms with van der Waals surface area (Å²) in [6.45, 7) is -0.432. The first kappa shape index (κ1) is 40.2. The van der Waals surface area contributed by atoms with Crippen LogP contribution >= 0.6 is 23.2 Å². The van der Waals surface area contributed by atoms with Crippen molar-refractivity contribution >= 4 is 41.0 Å². The molecule has 2 unspecified atom stereocenters. The molecule has 3 saturated heterocycles. The lowest BCUT2D eigenvalue weighted by Crippen LogP contribution is -2.52. The van der Waals surface area contributed by atoms with Gasteiger partial charge in [-0.15, -0.1) is 0 Å². The fourth-order valence-corrected chi connectivity index (χ4v) is 7.69. The lowest BCUT2D eigenvalue weighted by atomic mass is 9.86. The van der Waals surface area contributed by atoms with Crippen molar-refractivity contribution in [2.75, 3.05) is 26.2 Å². The lowest BCUT2D eigenvalue weighted by Gasteiger charge is -2.44. The van der Waals surface area contributed by atoms with Crippen molar-refractivity contribution < 1.29 is 51.2 Å². The first-order valence-electron chi connectivity index (χ1n) is 18.5. The van der Waals surface area contributed by atoms with Crippen LogP contribution in [-0.2, 0) is 20.7 Å². The van der Waals surface area contributed by atoms with Crippen LogP contribution in [0.2, 0.25) is 10.0 Å². The highest BCUT2D eigenvalue weighted by molar-refractivity contribution is 6.35. The number of piperidine rings is 3. The molecule has 3 aromatic carbocycles. The number of rotatable bonds is 15. The minimum absolute atomic E-state index is 0.00181. The Hall–Kier alpha value is -5.05. The molecule has 300 valence electrons. The number of esters is 2. The van der Waals surface area contributed by atoms with Crippen LogP contribution in [0.4, 0.5) is 13.2 Å². The van der Waals surface area contributed by atoms with Crippen molar-refractivity contribution in [1.29, 1.82) is 0 Å². The minimum atomic E-state index is -3.13. The first-order chi connectivity index (χ1) is 27.4. The summed E-state index contributed by atoms with van der Waals surface area (Å²) in [4.78, 5) is 43.5. The zero-order valence-electron chi connectivity index (χ0n) is 30.4. The molecule has 57 heavy (non-hydrogen) atoms. The SMILES string of the molecule is O=C(NC(C(=O)OC1CN2CCC1CC2)c1cccc(F)c1)c1cccc(C(=O)O[C@@H](Cc2c(Cl)c[n+]([O-])cc2Cl)c2ccc(OC(F)F)c(OCC3CC3)c2)c1. The second kappa shape index (κ2) is 17.6. The molecule has 11 nitrogen and oxygen atoms in total. The van der Waals surface area contributed by atoms with Gasteiger partial charge in [0.25, 0.3) is 5.91 Å². The van der Waals surface area contributed by atoms with E-state index in [0.29, 0.717) is 16.8 Å². The van der Waals surface area contributed by atoms with E-state index in [1.807, 2.05) is 0 Å². The third-order valence-electron chi connectivity index (χ3n) is 10.3. The molecule has 1 N–H and O–H groups in total. The number of aromatic nitrogens is 1. The van der Waals surface area contributed by atoms with E-state index < -0.39 is 42.4 Å². The van der Waals surface area contributed by atoms with Crippen molar-refractivity contribution in [3.8, 4) is 11.5 Å². The van der Waals surface area contributed by atoms with Crippen LogP contribution < -0.4 is 19.5 Å². The van der Waals surface area contributed by atoms with Gasteiger partial charge < -0.3 is 29.5 Å². The van der Waals surface area contributed by atoms with Crippen LogP contribution in [-0.4, -0.2) is 61.7 Å². The number of carbonyl (C=O) groups excluding carboxylic acids is 3. The maximum atomic E-state index is 14.4. The van der Waals surface area contributed by atoms with Crippen molar-refractivity contribution in [3.05, 3.63) is 128 Å². The summed E-state index contributed by atoms with van der Waals surface area (Å²) in [5, 5.41) is 14.6. The van der Waals surface area contributed by atoms with Crippen LogP contribution in [0.3, 0.4) is 0 Å². The van der Waals surface area contributed by atoms with Gasteiger partial charge in [0.05, 0.1) is 12.2 Å². The molecule has 0 radical (unpaired) electrons. The van der Waals surface area contributed by atoms with Crippen LogP contribution in [0.15, 0.2) is 79.1 Å². The third kappa shape index (κ3) is 10.1. The van der Waals surface area contributed by atoms with Gasteiger partial charge in [-0.25, -0.2) is 14.0 Å². The summed E-state index contributed by atoms with van der Waals surface area (Å²) >= 11 is 12.8. The predicted octanol–water partition coefficient (Wildman–Crippen LogP) is 7.41. The largest absolute Gasteiger partial charge is 0.619 e. The number of benzene rings is 3. The molecule has 2 bridgehead atoms. The highest BCUT2D eigenvalue weighted by Crippen LogP contribution is 2.38. The fourth-order valence-electron chi connectivity index (χ4n) is 7.09. The number of carbonyl (C=O) groups is 3. The Morgan fingerprint density at radius 1 is 0.895 bits per heavy atom. The van der Waals surface area contributed by atoms with Gasteiger partial charge in [0.15, 0.2) is 29.9 Å². The van der Waals surface area contributed by atoms with Gasteiger partial charge in [0, 0.05) is 24.1 Å². The van der Waals surface area contributed by atoms with E-state index in [1.54, 1.807) is 0 Å². The van der Waals surface area contributed by atoms with Gasteiger partial charge >= 0.3 is 18.6 Å². The monoisotopic (exact) mass is 827 g/mol. The summed E-state index contributed by atoms with van der Waals surface area (Å²) in [6, 6.07) is 13.6. The Morgan fingerprint density at radius 3 is 2.28 bits per heavy atom. The molecule has 4 aliphatic rings. The minimum Gasteiger partial charge on any atom is -0.619 e. The zero-order chi connectivity index (χ0) is 40.2. The number of hydrogen-bond donors (Lipinski definition) is 1.